The van der Waals surface area contributed by atoms with Crippen molar-refractivity contribution in [2.75, 3.05) is 37.0 Å². The number of primary amides is 1. The molecule has 3 heterocycles. The number of amides is 1. The summed E-state index contributed by atoms with van der Waals surface area (Å²) in [5, 5.41) is 4.20. The first-order valence-electron chi connectivity index (χ1n) is 7.49. The molecule has 1 aliphatic rings. The first-order chi connectivity index (χ1) is 11.0. The number of nitrogens with zero attached hydrogens (tertiary/aromatic N) is 6. The summed E-state index contributed by atoms with van der Waals surface area (Å²) >= 11 is 0. The summed E-state index contributed by atoms with van der Waals surface area (Å²) in [6.07, 6.45) is 5.47. The van der Waals surface area contributed by atoms with Crippen LogP contribution in [0.5, 0.6) is 0 Å². The van der Waals surface area contributed by atoms with Gasteiger partial charge in [-0.15, -0.1) is 0 Å². The summed E-state index contributed by atoms with van der Waals surface area (Å²) in [6, 6.07) is 1.86. The second kappa shape index (κ2) is 5.86. The van der Waals surface area contributed by atoms with Crippen molar-refractivity contribution >= 4 is 17.7 Å². The predicted molar refractivity (Wildman–Crippen MR) is 87.2 cm³/mol. The first kappa shape index (κ1) is 15.3. The van der Waals surface area contributed by atoms with Gasteiger partial charge in [-0.05, 0) is 11.6 Å². The lowest BCUT2D eigenvalue weighted by Gasteiger charge is -2.19. The number of hydrogen-bond acceptors (Lipinski definition) is 6. The van der Waals surface area contributed by atoms with E-state index in [1.54, 1.807) is 17.1 Å². The van der Waals surface area contributed by atoms with Gasteiger partial charge in [0.15, 0.2) is 0 Å². The van der Waals surface area contributed by atoms with Gasteiger partial charge in [-0.2, -0.15) is 10.1 Å². The minimum atomic E-state index is -0.289. The minimum Gasteiger partial charge on any atom is -0.369 e. The van der Waals surface area contributed by atoms with Crippen LogP contribution in [0.25, 0.3) is 0 Å². The summed E-state index contributed by atoms with van der Waals surface area (Å²) < 4.78 is 1.74. The van der Waals surface area contributed by atoms with Crippen molar-refractivity contribution in [1.29, 1.82) is 0 Å². The molecule has 1 amide bonds. The average molecular weight is 315 g/mol. The third-order valence-corrected chi connectivity index (χ3v) is 4.19. The van der Waals surface area contributed by atoms with Crippen molar-refractivity contribution in [2.24, 2.45) is 18.7 Å². The zero-order chi connectivity index (χ0) is 16.6. The van der Waals surface area contributed by atoms with Crippen molar-refractivity contribution in [3.05, 3.63) is 30.2 Å². The molecule has 0 bridgehead atoms. The standard InChI is InChI=1S/C15H21N7O/c1-20(2)15-17-5-4-13(19-15)22-8-11(12(9-22)14(16)23)10-6-18-21(3)7-10/h4-7,11-12H,8-9H2,1-3H3,(H2,16,23)/t11-,12+/m1/s1. The van der Waals surface area contributed by atoms with Crippen LogP contribution in [0.2, 0.25) is 0 Å². The Labute approximate surface area is 134 Å². The van der Waals surface area contributed by atoms with Gasteiger partial charge in [-0.3, -0.25) is 9.48 Å². The molecule has 1 aliphatic heterocycles. The molecule has 8 heteroatoms. The molecular formula is C15H21N7O. The quantitative estimate of drug-likeness (QED) is 0.852. The molecule has 2 aromatic rings. The Kier molecular flexibility index (Phi) is 3.89. The first-order valence-corrected chi connectivity index (χ1v) is 7.49. The highest BCUT2D eigenvalue weighted by Gasteiger charge is 2.38. The largest absolute Gasteiger partial charge is 0.369 e. The Morgan fingerprint density at radius 2 is 2.17 bits per heavy atom. The molecule has 0 radical (unpaired) electrons. The van der Waals surface area contributed by atoms with Gasteiger partial charge in [0.2, 0.25) is 11.9 Å². The molecule has 0 spiro atoms. The molecule has 0 unspecified atom stereocenters. The smallest absolute Gasteiger partial charge is 0.226 e. The molecule has 2 aromatic heterocycles. The van der Waals surface area contributed by atoms with Crippen molar-refractivity contribution in [2.45, 2.75) is 5.92 Å². The number of anilines is 2. The third kappa shape index (κ3) is 2.96. The third-order valence-electron chi connectivity index (χ3n) is 4.19. The van der Waals surface area contributed by atoms with Gasteiger partial charge >= 0.3 is 0 Å². The van der Waals surface area contributed by atoms with Gasteiger partial charge in [-0.25, -0.2) is 4.98 Å². The second-order valence-corrected chi connectivity index (χ2v) is 6.08. The number of nitrogens with two attached hydrogens (primary N) is 1. The van der Waals surface area contributed by atoms with Crippen LogP contribution in [0.1, 0.15) is 11.5 Å². The van der Waals surface area contributed by atoms with E-state index < -0.39 is 0 Å². The molecule has 2 atom stereocenters. The predicted octanol–water partition coefficient (Wildman–Crippen LogP) is -0.0186. The summed E-state index contributed by atoms with van der Waals surface area (Å²) in [4.78, 5) is 24.6. The van der Waals surface area contributed by atoms with Gasteiger partial charge < -0.3 is 15.5 Å². The number of aryl methyl sites for hydroxylation is 1. The summed E-state index contributed by atoms with van der Waals surface area (Å²) in [6.45, 7) is 1.24. The van der Waals surface area contributed by atoms with E-state index in [9.17, 15) is 4.79 Å². The normalized spacial score (nSPS) is 20.7. The number of hydrogen-bond donors (Lipinski definition) is 1. The average Bonchev–Trinajstić information content (AvgIpc) is 3.13. The number of carbonyl (C=O) groups is 1. The van der Waals surface area contributed by atoms with E-state index in [0.29, 0.717) is 19.0 Å². The summed E-state index contributed by atoms with van der Waals surface area (Å²) in [7, 11) is 5.66. The van der Waals surface area contributed by atoms with Crippen LogP contribution in [0.3, 0.4) is 0 Å². The van der Waals surface area contributed by atoms with Crippen LogP contribution in [0.4, 0.5) is 11.8 Å². The number of aromatic nitrogens is 4. The highest BCUT2D eigenvalue weighted by molar-refractivity contribution is 5.79. The summed E-state index contributed by atoms with van der Waals surface area (Å²) in [5.74, 6) is 0.934. The van der Waals surface area contributed by atoms with Crippen LogP contribution in [0, 0.1) is 5.92 Å². The molecule has 3 rings (SSSR count). The zero-order valence-corrected chi connectivity index (χ0v) is 13.5. The lowest BCUT2D eigenvalue weighted by Crippen LogP contribution is -2.29. The topological polar surface area (TPSA) is 93.2 Å². The molecule has 2 N–H and O–H groups in total. The molecule has 1 fully saturated rings. The lowest BCUT2D eigenvalue weighted by molar-refractivity contribution is -0.121. The number of carbonyl (C=O) groups excluding carboxylic acids is 1. The van der Waals surface area contributed by atoms with E-state index >= 15 is 0 Å². The molecule has 0 aliphatic carbocycles. The molecular weight excluding hydrogens is 294 g/mol. The SMILES string of the molecule is CN(C)c1nccc(N2C[C@H](C(N)=O)[C@@H](c3cnn(C)c3)C2)n1. The van der Waals surface area contributed by atoms with Crippen LogP contribution >= 0.6 is 0 Å². The summed E-state index contributed by atoms with van der Waals surface area (Å²) in [5.41, 5.74) is 6.65. The van der Waals surface area contributed by atoms with Gasteiger partial charge in [0.1, 0.15) is 5.82 Å². The maximum atomic E-state index is 11.9. The Morgan fingerprint density at radius 1 is 1.39 bits per heavy atom. The van der Waals surface area contributed by atoms with E-state index in [1.165, 1.54) is 0 Å². The highest BCUT2D eigenvalue weighted by Crippen LogP contribution is 2.34. The van der Waals surface area contributed by atoms with E-state index in [4.69, 9.17) is 5.73 Å². The van der Waals surface area contributed by atoms with Crippen LogP contribution in [-0.2, 0) is 11.8 Å². The molecule has 0 saturated carbocycles. The van der Waals surface area contributed by atoms with Crippen molar-refractivity contribution in [3.63, 3.8) is 0 Å². The number of rotatable bonds is 4. The molecule has 8 nitrogen and oxygen atoms in total. The van der Waals surface area contributed by atoms with Gasteiger partial charge in [0.25, 0.3) is 0 Å². The Bertz CT molecular complexity index is 711. The Hall–Kier alpha value is -2.64. The molecule has 23 heavy (non-hydrogen) atoms. The van der Waals surface area contributed by atoms with Crippen molar-refractivity contribution in [3.8, 4) is 0 Å². The molecule has 0 aromatic carbocycles. The fraction of sp³-hybridized carbons (Fsp3) is 0.467. The van der Waals surface area contributed by atoms with Gasteiger partial charge in [0, 0.05) is 52.5 Å². The maximum Gasteiger partial charge on any atom is 0.226 e. The van der Waals surface area contributed by atoms with E-state index in [0.717, 1.165) is 11.4 Å². The maximum absolute atomic E-state index is 11.9. The van der Waals surface area contributed by atoms with Crippen molar-refractivity contribution in [1.82, 2.24) is 19.7 Å². The van der Waals surface area contributed by atoms with E-state index in [-0.39, 0.29) is 17.7 Å². The highest BCUT2D eigenvalue weighted by atomic mass is 16.1. The Balaban J connectivity index is 1.88. The monoisotopic (exact) mass is 315 g/mol. The minimum absolute atomic E-state index is 0.0268. The fourth-order valence-corrected chi connectivity index (χ4v) is 2.98. The van der Waals surface area contributed by atoms with Gasteiger partial charge in [-0.1, -0.05) is 0 Å². The second-order valence-electron chi connectivity index (χ2n) is 6.08. The van der Waals surface area contributed by atoms with Crippen LogP contribution < -0.4 is 15.5 Å². The van der Waals surface area contributed by atoms with E-state index in [2.05, 4.69) is 20.0 Å². The van der Waals surface area contributed by atoms with Crippen LogP contribution in [-0.4, -0.2) is 52.8 Å². The van der Waals surface area contributed by atoms with Crippen molar-refractivity contribution < 1.29 is 4.79 Å². The Morgan fingerprint density at radius 3 is 2.78 bits per heavy atom. The fourth-order valence-electron chi connectivity index (χ4n) is 2.98. The molecule has 1 saturated heterocycles. The van der Waals surface area contributed by atoms with Gasteiger partial charge in [0.05, 0.1) is 12.1 Å². The molecule has 122 valence electrons. The lowest BCUT2D eigenvalue weighted by atomic mass is 9.90. The zero-order valence-electron chi connectivity index (χ0n) is 13.5. The van der Waals surface area contributed by atoms with E-state index in [1.807, 2.05) is 38.3 Å². The van der Waals surface area contributed by atoms with Crippen LogP contribution in [0.15, 0.2) is 24.7 Å².